The average molecular weight is 303 g/mol. The van der Waals surface area contributed by atoms with Gasteiger partial charge in [-0.15, -0.1) is 0 Å². The van der Waals surface area contributed by atoms with Crippen molar-refractivity contribution in [3.63, 3.8) is 0 Å². The molecule has 1 aromatic carbocycles. The molecule has 108 valence electrons. The Kier molecular flexibility index (Phi) is 3.09. The summed E-state index contributed by atoms with van der Waals surface area (Å²) in [5, 5.41) is 29.5. The molecule has 21 heavy (non-hydrogen) atoms. The van der Waals surface area contributed by atoms with E-state index in [4.69, 9.17) is 25.7 Å². The molecule has 0 unspecified atom stereocenters. The Bertz CT molecular complexity index is 726. The summed E-state index contributed by atoms with van der Waals surface area (Å²) in [6.07, 6.45) is 0. The molecule has 0 radical (unpaired) electrons. The number of benzene rings is 1. The van der Waals surface area contributed by atoms with E-state index in [0.717, 1.165) is 11.8 Å². The molecule has 0 spiro atoms. The predicted octanol–water partition coefficient (Wildman–Crippen LogP) is 1.55. The van der Waals surface area contributed by atoms with E-state index in [1.54, 1.807) is 26.4 Å². The number of ether oxygens (including phenoxy) is 2. The van der Waals surface area contributed by atoms with Crippen molar-refractivity contribution in [2.75, 3.05) is 14.2 Å². The summed E-state index contributed by atoms with van der Waals surface area (Å²) in [6, 6.07) is 3.51. The molecule has 3 rings (SSSR count). The second-order valence-electron chi connectivity index (χ2n) is 4.36. The molecule has 0 atom stereocenters. The molecule has 0 aromatic heterocycles. The quantitative estimate of drug-likeness (QED) is 0.569. The summed E-state index contributed by atoms with van der Waals surface area (Å²) < 4.78 is 10.7. The lowest BCUT2D eigenvalue weighted by molar-refractivity contribution is 0.402. The van der Waals surface area contributed by atoms with Crippen molar-refractivity contribution >= 4 is 34.3 Å². The molecule has 1 saturated heterocycles. The monoisotopic (exact) mass is 303 g/mol. The van der Waals surface area contributed by atoms with E-state index in [2.05, 4.69) is 10.6 Å². The van der Waals surface area contributed by atoms with Gasteiger partial charge in [-0.25, -0.2) is 0 Å². The Hall–Kier alpha value is -2.48. The fourth-order valence-corrected chi connectivity index (χ4v) is 3.11. The zero-order valence-electron chi connectivity index (χ0n) is 11.4. The van der Waals surface area contributed by atoms with Gasteiger partial charge in [-0.05, 0) is 23.9 Å². The van der Waals surface area contributed by atoms with Crippen molar-refractivity contribution in [1.29, 1.82) is 16.2 Å². The van der Waals surface area contributed by atoms with E-state index in [1.807, 2.05) is 0 Å². The second kappa shape index (κ2) is 4.81. The Morgan fingerprint density at radius 2 is 1.52 bits per heavy atom. The summed E-state index contributed by atoms with van der Waals surface area (Å²) in [4.78, 5) is 0.565. The van der Waals surface area contributed by atoms with Gasteiger partial charge >= 0.3 is 0 Å². The smallest absolute Gasteiger partial charge is 0.164 e. The topological polar surface area (TPSA) is 114 Å². The van der Waals surface area contributed by atoms with Crippen LogP contribution in [0.5, 0.6) is 11.5 Å². The third-order valence-corrected chi connectivity index (χ3v) is 4.13. The summed E-state index contributed by atoms with van der Waals surface area (Å²) in [5.74, 6) is 1.49. The minimum Gasteiger partial charge on any atom is -0.496 e. The van der Waals surface area contributed by atoms with Gasteiger partial charge in [-0.1, -0.05) is 0 Å². The van der Waals surface area contributed by atoms with E-state index in [0.29, 0.717) is 33.2 Å². The van der Waals surface area contributed by atoms with Gasteiger partial charge in [0.15, 0.2) is 5.17 Å². The van der Waals surface area contributed by atoms with Gasteiger partial charge in [0.1, 0.15) is 23.2 Å². The number of hydrogen-bond acceptors (Lipinski definition) is 6. The molecule has 0 saturated carbocycles. The van der Waals surface area contributed by atoms with Crippen LogP contribution < -0.4 is 20.1 Å². The number of methoxy groups -OCH3 is 2. The van der Waals surface area contributed by atoms with Crippen LogP contribution in [0.2, 0.25) is 0 Å². The van der Waals surface area contributed by atoms with Crippen LogP contribution in [0.3, 0.4) is 0 Å². The van der Waals surface area contributed by atoms with Gasteiger partial charge in [0.25, 0.3) is 0 Å². The van der Waals surface area contributed by atoms with Gasteiger partial charge in [0, 0.05) is 0 Å². The molecule has 2 heterocycles. The molecular weight excluding hydrogens is 290 g/mol. The van der Waals surface area contributed by atoms with Crippen LogP contribution >= 0.6 is 11.8 Å². The first-order valence-corrected chi connectivity index (χ1v) is 6.86. The molecule has 1 aromatic rings. The van der Waals surface area contributed by atoms with Crippen LogP contribution in [0.25, 0.3) is 5.70 Å². The SMILES string of the molecule is COc1ccc(OC)c2c1C(=N)NC2=C1SC(=N)NC1=N. The van der Waals surface area contributed by atoms with Crippen LogP contribution in [0.15, 0.2) is 17.0 Å². The number of nitrogens with one attached hydrogen (secondary N) is 5. The molecule has 2 aliphatic heterocycles. The Balaban J connectivity index is 2.29. The van der Waals surface area contributed by atoms with E-state index in [9.17, 15) is 0 Å². The molecule has 1 fully saturated rings. The van der Waals surface area contributed by atoms with E-state index < -0.39 is 0 Å². The number of thioether (sulfide) groups is 1. The van der Waals surface area contributed by atoms with Gasteiger partial charge in [-0.3, -0.25) is 16.2 Å². The first-order valence-electron chi connectivity index (χ1n) is 6.04. The molecule has 0 bridgehead atoms. The van der Waals surface area contributed by atoms with Gasteiger partial charge in [-0.2, -0.15) is 0 Å². The lowest BCUT2D eigenvalue weighted by atomic mass is 10.0. The van der Waals surface area contributed by atoms with Gasteiger partial charge in [0.2, 0.25) is 0 Å². The number of fused-ring (bicyclic) bond motifs is 1. The maximum Gasteiger partial charge on any atom is 0.164 e. The molecule has 0 aliphatic carbocycles. The zero-order chi connectivity index (χ0) is 15.1. The fraction of sp³-hybridized carbons (Fsp3) is 0.154. The largest absolute Gasteiger partial charge is 0.496 e. The van der Waals surface area contributed by atoms with Crippen LogP contribution in [-0.4, -0.2) is 31.1 Å². The van der Waals surface area contributed by atoms with Crippen molar-refractivity contribution in [2.45, 2.75) is 0 Å². The van der Waals surface area contributed by atoms with Crippen molar-refractivity contribution in [1.82, 2.24) is 10.6 Å². The fourth-order valence-electron chi connectivity index (χ4n) is 2.35. The van der Waals surface area contributed by atoms with Crippen LogP contribution in [0, 0.1) is 16.2 Å². The number of amidine groups is 3. The highest BCUT2D eigenvalue weighted by atomic mass is 32.2. The van der Waals surface area contributed by atoms with Crippen molar-refractivity contribution in [3.05, 3.63) is 28.2 Å². The standard InChI is InChI=1S/C13H13N5O2S/c1-19-5-3-4-6(20-2)8-7(5)9(17-11(8)14)10-12(15)18-13(16)21-10/h3-4H,1-2H3,(H2,14,17)(H3,15,16,18). The van der Waals surface area contributed by atoms with Crippen LogP contribution in [0.1, 0.15) is 11.1 Å². The second-order valence-corrected chi connectivity index (χ2v) is 5.38. The third-order valence-electron chi connectivity index (χ3n) is 3.22. The van der Waals surface area contributed by atoms with E-state index in [1.165, 1.54) is 0 Å². The van der Waals surface area contributed by atoms with Crippen LogP contribution in [-0.2, 0) is 0 Å². The van der Waals surface area contributed by atoms with Crippen LogP contribution in [0.4, 0.5) is 0 Å². The summed E-state index contributed by atoms with van der Waals surface area (Å²) in [7, 11) is 3.10. The first kappa shape index (κ1) is 13.5. The highest BCUT2D eigenvalue weighted by Crippen LogP contribution is 2.42. The summed E-state index contributed by atoms with van der Waals surface area (Å²) in [6.45, 7) is 0. The molecule has 2 aliphatic rings. The van der Waals surface area contributed by atoms with Crippen molar-refractivity contribution < 1.29 is 9.47 Å². The van der Waals surface area contributed by atoms with E-state index >= 15 is 0 Å². The average Bonchev–Trinajstić information content (AvgIpc) is 2.98. The maximum absolute atomic E-state index is 8.12. The zero-order valence-corrected chi connectivity index (χ0v) is 12.2. The Morgan fingerprint density at radius 3 is 2.05 bits per heavy atom. The van der Waals surface area contributed by atoms with Gasteiger partial charge in [0.05, 0.1) is 35.9 Å². The molecule has 0 amide bonds. The highest BCUT2D eigenvalue weighted by molar-refractivity contribution is 8.18. The number of hydrogen-bond donors (Lipinski definition) is 5. The molecule has 5 N–H and O–H groups in total. The Labute approximate surface area is 125 Å². The number of rotatable bonds is 2. The van der Waals surface area contributed by atoms with Crippen molar-refractivity contribution in [3.8, 4) is 11.5 Å². The lowest BCUT2D eigenvalue weighted by Gasteiger charge is -2.11. The molecular formula is C13H13N5O2S. The Morgan fingerprint density at radius 1 is 0.905 bits per heavy atom. The molecule has 7 nitrogen and oxygen atoms in total. The predicted molar refractivity (Wildman–Crippen MR) is 82.6 cm³/mol. The minimum absolute atomic E-state index is 0.137. The normalized spacial score (nSPS) is 20.2. The maximum atomic E-state index is 8.12. The summed E-state index contributed by atoms with van der Waals surface area (Å²) in [5.41, 5.74) is 1.88. The highest BCUT2D eigenvalue weighted by Gasteiger charge is 2.34. The van der Waals surface area contributed by atoms with Gasteiger partial charge < -0.3 is 20.1 Å². The molecule has 8 heteroatoms. The minimum atomic E-state index is 0.137. The van der Waals surface area contributed by atoms with Crippen molar-refractivity contribution in [2.24, 2.45) is 0 Å². The summed E-state index contributed by atoms with van der Waals surface area (Å²) >= 11 is 1.14. The first-order chi connectivity index (χ1) is 10.1. The third kappa shape index (κ3) is 1.95. The lowest BCUT2D eigenvalue weighted by Crippen LogP contribution is -2.20. The van der Waals surface area contributed by atoms with E-state index in [-0.39, 0.29) is 16.8 Å².